The number of fused-ring (bicyclic) bond motifs is 1. The van der Waals surface area contributed by atoms with Gasteiger partial charge in [-0.15, -0.1) is 0 Å². The van der Waals surface area contributed by atoms with Crippen molar-refractivity contribution >= 4 is 29.2 Å². The summed E-state index contributed by atoms with van der Waals surface area (Å²) in [5.41, 5.74) is 0.944. The third-order valence-electron chi connectivity index (χ3n) is 2.64. The van der Waals surface area contributed by atoms with Crippen molar-refractivity contribution in [1.82, 2.24) is 0 Å². The number of carbonyl (C=O) groups excluding carboxylic acids is 2. The molecular formula is C12H12N2O5. The highest BCUT2D eigenvalue weighted by Gasteiger charge is 2.31. The van der Waals surface area contributed by atoms with Gasteiger partial charge in [-0.05, 0) is 18.2 Å². The van der Waals surface area contributed by atoms with Gasteiger partial charge < -0.3 is 15.2 Å². The molecule has 1 aromatic rings. The molecule has 0 aliphatic carbocycles. The number of anilines is 2. The van der Waals surface area contributed by atoms with Crippen LogP contribution in [0.5, 0.6) is 5.75 Å². The minimum Gasteiger partial charge on any atom is -0.482 e. The van der Waals surface area contributed by atoms with Crippen LogP contribution in [-0.4, -0.2) is 36.5 Å². The van der Waals surface area contributed by atoms with Crippen LogP contribution < -0.4 is 15.0 Å². The molecule has 0 saturated carbocycles. The molecule has 0 unspecified atom stereocenters. The number of carbonyl (C=O) groups is 3. The molecule has 0 atom stereocenters. The van der Waals surface area contributed by atoms with Gasteiger partial charge in [-0.25, -0.2) is 4.90 Å². The molecule has 19 heavy (non-hydrogen) atoms. The molecule has 0 radical (unpaired) electrons. The molecule has 0 saturated heterocycles. The summed E-state index contributed by atoms with van der Waals surface area (Å²) in [5.74, 6) is -2.27. The van der Waals surface area contributed by atoms with Gasteiger partial charge in [0.2, 0.25) is 5.91 Å². The van der Waals surface area contributed by atoms with Gasteiger partial charge in [0.15, 0.2) is 6.61 Å². The van der Waals surface area contributed by atoms with Crippen molar-refractivity contribution in [2.75, 3.05) is 23.9 Å². The van der Waals surface area contributed by atoms with E-state index in [1.807, 2.05) is 0 Å². The van der Waals surface area contributed by atoms with Gasteiger partial charge >= 0.3 is 5.97 Å². The van der Waals surface area contributed by atoms with Crippen molar-refractivity contribution in [3.8, 4) is 5.75 Å². The van der Waals surface area contributed by atoms with Gasteiger partial charge in [0, 0.05) is 12.7 Å². The van der Waals surface area contributed by atoms with E-state index in [0.29, 0.717) is 11.4 Å². The molecule has 0 bridgehead atoms. The highest BCUT2D eigenvalue weighted by Crippen LogP contribution is 2.34. The summed E-state index contributed by atoms with van der Waals surface area (Å²) in [4.78, 5) is 35.0. The normalized spacial score (nSPS) is 13.5. The molecule has 2 N–H and O–H groups in total. The molecule has 1 aliphatic heterocycles. The number of amides is 2. The molecule has 0 aromatic heterocycles. The largest absolute Gasteiger partial charge is 0.482 e. The highest BCUT2D eigenvalue weighted by atomic mass is 16.5. The lowest BCUT2D eigenvalue weighted by Gasteiger charge is -2.27. The van der Waals surface area contributed by atoms with E-state index in [0.717, 1.165) is 4.90 Å². The van der Waals surface area contributed by atoms with Crippen LogP contribution in [-0.2, 0) is 14.4 Å². The Bertz CT molecular complexity index is 555. The number of carboxylic acids is 1. The zero-order chi connectivity index (χ0) is 14.0. The molecule has 1 aromatic carbocycles. The van der Waals surface area contributed by atoms with E-state index in [4.69, 9.17) is 9.84 Å². The fourth-order valence-corrected chi connectivity index (χ4v) is 1.79. The number of carboxylic acid groups (broad SMARTS) is 1. The number of nitrogens with one attached hydrogen (secondary N) is 1. The topological polar surface area (TPSA) is 95.9 Å². The minimum atomic E-state index is -1.28. The van der Waals surface area contributed by atoms with Gasteiger partial charge in [0.25, 0.3) is 5.91 Å². The summed E-state index contributed by atoms with van der Waals surface area (Å²) in [6.07, 6.45) is -0.741. The van der Waals surface area contributed by atoms with E-state index in [1.165, 1.54) is 0 Å². The van der Waals surface area contributed by atoms with Crippen molar-refractivity contribution in [3.63, 3.8) is 0 Å². The average molecular weight is 264 g/mol. The molecule has 0 fully saturated rings. The lowest BCUT2D eigenvalue weighted by atomic mass is 10.2. The summed E-state index contributed by atoms with van der Waals surface area (Å²) in [6.45, 7) is -0.280. The molecule has 7 nitrogen and oxygen atoms in total. The predicted molar refractivity (Wildman–Crippen MR) is 66.2 cm³/mol. The number of benzene rings is 1. The first-order chi connectivity index (χ1) is 9.02. The van der Waals surface area contributed by atoms with Crippen molar-refractivity contribution in [2.45, 2.75) is 6.42 Å². The molecule has 2 amide bonds. The van der Waals surface area contributed by atoms with E-state index in [9.17, 15) is 14.4 Å². The number of rotatable bonds is 3. The Morgan fingerprint density at radius 1 is 1.47 bits per heavy atom. The lowest BCUT2D eigenvalue weighted by Crippen LogP contribution is -2.43. The Labute approximate surface area is 108 Å². The summed E-state index contributed by atoms with van der Waals surface area (Å²) in [6, 6.07) is 4.91. The van der Waals surface area contributed by atoms with Crippen LogP contribution in [0.15, 0.2) is 18.2 Å². The maximum absolute atomic E-state index is 11.8. The van der Waals surface area contributed by atoms with E-state index < -0.39 is 24.2 Å². The summed E-state index contributed by atoms with van der Waals surface area (Å²) >= 11 is 0. The zero-order valence-electron chi connectivity index (χ0n) is 10.2. The van der Waals surface area contributed by atoms with Crippen molar-refractivity contribution in [2.24, 2.45) is 0 Å². The Morgan fingerprint density at radius 2 is 2.21 bits per heavy atom. The number of hydrogen-bond acceptors (Lipinski definition) is 5. The first kappa shape index (κ1) is 12.9. The van der Waals surface area contributed by atoms with Crippen molar-refractivity contribution < 1.29 is 24.2 Å². The number of imide groups is 1. The Balaban J connectivity index is 2.41. The summed E-state index contributed by atoms with van der Waals surface area (Å²) in [7, 11) is 1.69. The van der Waals surface area contributed by atoms with E-state index in [2.05, 4.69) is 5.32 Å². The third kappa shape index (κ3) is 2.49. The van der Waals surface area contributed by atoms with Crippen molar-refractivity contribution in [3.05, 3.63) is 18.2 Å². The van der Waals surface area contributed by atoms with Crippen LogP contribution in [0.2, 0.25) is 0 Å². The second-order valence-corrected chi connectivity index (χ2v) is 3.91. The Hall–Kier alpha value is -2.57. The van der Waals surface area contributed by atoms with Gasteiger partial charge in [0.05, 0.1) is 5.69 Å². The van der Waals surface area contributed by atoms with Crippen LogP contribution in [0.4, 0.5) is 11.4 Å². The number of hydrogen-bond donors (Lipinski definition) is 2. The quantitative estimate of drug-likeness (QED) is 0.770. The second kappa shape index (κ2) is 4.97. The van der Waals surface area contributed by atoms with Gasteiger partial charge in [-0.3, -0.25) is 14.4 Å². The number of aliphatic carboxylic acids is 1. The van der Waals surface area contributed by atoms with Gasteiger partial charge in [-0.1, -0.05) is 0 Å². The molecular weight excluding hydrogens is 252 g/mol. The molecule has 7 heteroatoms. The summed E-state index contributed by atoms with van der Waals surface area (Å²) < 4.78 is 5.20. The van der Waals surface area contributed by atoms with Crippen LogP contribution >= 0.6 is 0 Å². The van der Waals surface area contributed by atoms with Crippen LogP contribution in [0.25, 0.3) is 0 Å². The molecule has 100 valence electrons. The molecule has 1 aliphatic rings. The third-order valence-corrected chi connectivity index (χ3v) is 2.64. The lowest BCUT2D eigenvalue weighted by molar-refractivity contribution is -0.140. The van der Waals surface area contributed by atoms with Crippen LogP contribution in [0, 0.1) is 0 Å². The molecule has 2 rings (SSSR count). The van der Waals surface area contributed by atoms with Gasteiger partial charge in [-0.2, -0.15) is 0 Å². The molecule has 0 spiro atoms. The second-order valence-electron chi connectivity index (χ2n) is 3.91. The number of ether oxygens (including phenoxy) is 1. The smallest absolute Gasteiger partial charge is 0.312 e. The van der Waals surface area contributed by atoms with Gasteiger partial charge in [0.1, 0.15) is 12.2 Å². The SMILES string of the molecule is CNc1ccc2c(c1)N(C(=O)CC(=O)O)C(=O)CO2. The fourth-order valence-electron chi connectivity index (χ4n) is 1.79. The first-order valence-electron chi connectivity index (χ1n) is 5.55. The summed E-state index contributed by atoms with van der Waals surface area (Å²) in [5, 5.41) is 11.5. The Morgan fingerprint density at radius 3 is 2.84 bits per heavy atom. The highest BCUT2D eigenvalue weighted by molar-refractivity contribution is 6.20. The maximum atomic E-state index is 11.8. The maximum Gasteiger partial charge on any atom is 0.312 e. The standard InChI is InChI=1S/C12H12N2O5/c1-13-7-2-3-9-8(4-7)14(11(16)6-19-9)10(15)5-12(17)18/h2-4,13H,5-6H2,1H3,(H,17,18). The average Bonchev–Trinajstić information content (AvgIpc) is 2.36. The zero-order valence-corrected chi connectivity index (χ0v) is 10.2. The first-order valence-corrected chi connectivity index (χ1v) is 5.55. The Kier molecular flexibility index (Phi) is 3.37. The van der Waals surface area contributed by atoms with Crippen LogP contribution in [0.1, 0.15) is 6.42 Å². The van der Waals surface area contributed by atoms with Crippen molar-refractivity contribution in [1.29, 1.82) is 0 Å². The van der Waals surface area contributed by atoms with Crippen LogP contribution in [0.3, 0.4) is 0 Å². The fraction of sp³-hybridized carbons (Fsp3) is 0.250. The van der Waals surface area contributed by atoms with E-state index in [-0.39, 0.29) is 12.3 Å². The molecule has 1 heterocycles. The minimum absolute atomic E-state index is 0.259. The van der Waals surface area contributed by atoms with E-state index in [1.54, 1.807) is 25.2 Å². The van der Waals surface area contributed by atoms with E-state index >= 15 is 0 Å². The monoisotopic (exact) mass is 264 g/mol. The predicted octanol–water partition coefficient (Wildman–Crippen LogP) is 0.455. The number of nitrogens with zero attached hydrogens (tertiary/aromatic N) is 1.